The van der Waals surface area contributed by atoms with Crippen molar-refractivity contribution in [3.8, 4) is 0 Å². The third-order valence-corrected chi connectivity index (χ3v) is 5.47. The van der Waals surface area contributed by atoms with Gasteiger partial charge in [0.15, 0.2) is 5.52 Å². The number of thiocarbonyl (C=S) groups is 1. The second-order valence-electron chi connectivity index (χ2n) is 6.05. The molecule has 0 saturated carbocycles. The molecule has 7 nitrogen and oxygen atoms in total. The van der Waals surface area contributed by atoms with Gasteiger partial charge in [0.2, 0.25) is 5.91 Å². The van der Waals surface area contributed by atoms with Crippen LogP contribution in [-0.2, 0) is 9.59 Å². The Balaban J connectivity index is 1.42. The summed E-state index contributed by atoms with van der Waals surface area (Å²) in [5.74, 6) is -0.688. The van der Waals surface area contributed by atoms with E-state index in [0.717, 1.165) is 5.56 Å². The van der Waals surface area contributed by atoms with E-state index in [0.29, 0.717) is 25.9 Å². The van der Waals surface area contributed by atoms with Crippen LogP contribution in [0, 0.1) is 0 Å². The van der Waals surface area contributed by atoms with E-state index in [1.54, 1.807) is 30.4 Å². The summed E-state index contributed by atoms with van der Waals surface area (Å²) in [5, 5.41) is 10.2. The Kier molecular flexibility index (Phi) is 5.50. The maximum Gasteiger partial charge on any atom is 0.266 e. The number of thioether (sulfide) groups is 1. The number of anilines is 1. The van der Waals surface area contributed by atoms with Crippen molar-refractivity contribution in [1.29, 1.82) is 0 Å². The molecule has 1 aliphatic rings. The first-order chi connectivity index (χ1) is 14.1. The lowest BCUT2D eigenvalue weighted by Crippen LogP contribution is -2.36. The zero-order valence-corrected chi connectivity index (χ0v) is 16.6. The largest absolute Gasteiger partial charge is 0.322 e. The van der Waals surface area contributed by atoms with Crippen molar-refractivity contribution in [1.82, 2.24) is 15.2 Å². The number of aromatic nitrogens is 2. The van der Waals surface area contributed by atoms with Crippen LogP contribution in [0.25, 0.3) is 17.1 Å². The Morgan fingerprint density at radius 1 is 1.17 bits per heavy atom. The molecule has 1 saturated heterocycles. The van der Waals surface area contributed by atoms with Crippen molar-refractivity contribution in [2.45, 2.75) is 0 Å². The van der Waals surface area contributed by atoms with Gasteiger partial charge in [-0.15, -0.1) is 0 Å². The molecule has 1 aromatic heterocycles. The summed E-state index contributed by atoms with van der Waals surface area (Å²) in [6, 6.07) is 14.9. The normalized spacial score (nSPS) is 15.7. The molecule has 9 heteroatoms. The minimum atomic E-state index is -0.391. The van der Waals surface area contributed by atoms with Crippen LogP contribution in [0.3, 0.4) is 0 Å². The zero-order valence-electron chi connectivity index (χ0n) is 14.9. The fourth-order valence-electron chi connectivity index (χ4n) is 2.70. The molecule has 2 amide bonds. The van der Waals surface area contributed by atoms with Crippen molar-refractivity contribution >= 4 is 62.9 Å². The van der Waals surface area contributed by atoms with Crippen LogP contribution in [0.1, 0.15) is 5.56 Å². The number of nitrogens with one attached hydrogen (secondary N) is 1. The first-order valence-corrected chi connectivity index (χ1v) is 9.82. The van der Waals surface area contributed by atoms with Gasteiger partial charge in [-0.1, -0.05) is 72.5 Å². The Morgan fingerprint density at radius 2 is 2.00 bits per heavy atom. The highest BCUT2D eigenvalue weighted by atomic mass is 32.2. The molecule has 29 heavy (non-hydrogen) atoms. The number of allylic oxidation sites excluding steroid dienone is 2. The Labute approximate surface area is 175 Å². The lowest BCUT2D eigenvalue weighted by molar-refractivity contribution is -0.126. The fourth-order valence-corrected chi connectivity index (χ4v) is 3.91. The molecule has 0 radical (unpaired) electrons. The average Bonchev–Trinajstić information content (AvgIpc) is 3.30. The molecule has 1 aliphatic heterocycles. The van der Waals surface area contributed by atoms with Crippen LogP contribution < -0.4 is 5.32 Å². The summed E-state index contributed by atoms with van der Waals surface area (Å²) in [6.45, 7) is -0.188. The van der Waals surface area contributed by atoms with Gasteiger partial charge in [0.05, 0.1) is 10.6 Å². The fraction of sp³-hybridized carbons (Fsp3) is 0.0500. The summed E-state index contributed by atoms with van der Waals surface area (Å²) in [4.78, 5) is 26.8. The van der Waals surface area contributed by atoms with Crippen LogP contribution in [-0.4, -0.2) is 37.9 Å². The van der Waals surface area contributed by atoms with Gasteiger partial charge in [-0.3, -0.25) is 14.5 Å². The number of carbonyl (C=O) groups is 2. The van der Waals surface area contributed by atoms with E-state index in [1.807, 2.05) is 36.4 Å². The lowest BCUT2D eigenvalue weighted by Gasteiger charge is -2.14. The number of hydrogen-bond acceptors (Lipinski definition) is 7. The monoisotopic (exact) mass is 422 g/mol. The van der Waals surface area contributed by atoms with E-state index >= 15 is 0 Å². The van der Waals surface area contributed by atoms with Crippen molar-refractivity contribution in [2.24, 2.45) is 0 Å². The molecular formula is C20H14N4O3S2. The van der Waals surface area contributed by atoms with Crippen molar-refractivity contribution < 1.29 is 14.2 Å². The Morgan fingerprint density at radius 3 is 2.83 bits per heavy atom. The van der Waals surface area contributed by atoms with Crippen molar-refractivity contribution in [3.05, 3.63) is 71.2 Å². The van der Waals surface area contributed by atoms with Crippen molar-refractivity contribution in [3.63, 3.8) is 0 Å². The van der Waals surface area contributed by atoms with E-state index in [1.165, 1.54) is 16.7 Å². The van der Waals surface area contributed by atoms with Gasteiger partial charge in [-0.25, -0.2) is 4.63 Å². The number of carbonyl (C=O) groups excluding carboxylic acids is 2. The predicted octanol–water partition coefficient (Wildman–Crippen LogP) is 3.62. The topological polar surface area (TPSA) is 88.3 Å². The maximum absolute atomic E-state index is 12.6. The van der Waals surface area contributed by atoms with Crippen molar-refractivity contribution in [2.75, 3.05) is 11.9 Å². The molecule has 0 unspecified atom stereocenters. The minimum absolute atomic E-state index is 0.188. The number of rotatable bonds is 5. The van der Waals surface area contributed by atoms with Crippen LogP contribution in [0.2, 0.25) is 0 Å². The Hall–Kier alpha value is -3.30. The van der Waals surface area contributed by atoms with Gasteiger partial charge in [0, 0.05) is 0 Å². The van der Waals surface area contributed by atoms with Gasteiger partial charge in [0.1, 0.15) is 16.4 Å². The standard InChI is InChI=1S/C20H14N4O3S2/c25-17(21-14-9-5-10-15-18(14)23-27-22-15)12-24-19(26)16(29-20(24)28)11-4-8-13-6-2-1-3-7-13/h1-11H,12H2,(H,21,25). The first-order valence-electron chi connectivity index (χ1n) is 8.60. The molecule has 1 N–H and O–H groups in total. The van der Waals surface area contributed by atoms with Crippen LogP contribution in [0.5, 0.6) is 0 Å². The second-order valence-corrected chi connectivity index (χ2v) is 7.72. The van der Waals surface area contributed by atoms with Crippen LogP contribution >= 0.6 is 24.0 Å². The molecule has 4 rings (SSSR count). The molecule has 2 heterocycles. The van der Waals surface area contributed by atoms with Crippen LogP contribution in [0.4, 0.5) is 5.69 Å². The number of hydrogen-bond donors (Lipinski definition) is 1. The summed E-state index contributed by atoms with van der Waals surface area (Å²) < 4.78 is 5.02. The number of benzene rings is 2. The van der Waals surface area contributed by atoms with Gasteiger partial charge < -0.3 is 5.32 Å². The van der Waals surface area contributed by atoms with E-state index in [4.69, 9.17) is 12.2 Å². The lowest BCUT2D eigenvalue weighted by atomic mass is 10.2. The first kappa shape index (κ1) is 19.0. The van der Waals surface area contributed by atoms with Gasteiger partial charge in [-0.2, -0.15) is 0 Å². The molecular weight excluding hydrogens is 408 g/mol. The number of amides is 2. The quantitative estimate of drug-likeness (QED) is 0.496. The van der Waals surface area contributed by atoms with E-state index in [-0.39, 0.29) is 12.5 Å². The summed E-state index contributed by atoms with van der Waals surface area (Å²) in [6.07, 6.45) is 5.39. The molecule has 3 aromatic rings. The number of nitrogens with zero attached hydrogens (tertiary/aromatic N) is 3. The Bertz CT molecular complexity index is 1150. The molecule has 2 aromatic carbocycles. The third-order valence-electron chi connectivity index (χ3n) is 4.07. The summed E-state index contributed by atoms with van der Waals surface area (Å²) in [7, 11) is 0. The van der Waals surface area contributed by atoms with Gasteiger partial charge in [0.25, 0.3) is 5.91 Å². The molecule has 0 aliphatic carbocycles. The smallest absolute Gasteiger partial charge is 0.266 e. The van der Waals surface area contributed by atoms with Crippen LogP contribution in [0.15, 0.2) is 70.2 Å². The maximum atomic E-state index is 12.6. The summed E-state index contributed by atoms with van der Waals surface area (Å²) in [5.41, 5.74) is 2.45. The third kappa shape index (κ3) is 4.25. The second kappa shape index (κ2) is 8.38. The SMILES string of the molecule is O=C(CN1C(=O)C(=CC=Cc2ccccc2)SC1=S)Nc1cccc2nonc12. The van der Waals surface area contributed by atoms with E-state index in [2.05, 4.69) is 20.3 Å². The molecule has 1 fully saturated rings. The van der Waals surface area contributed by atoms with E-state index in [9.17, 15) is 9.59 Å². The van der Waals surface area contributed by atoms with E-state index < -0.39 is 5.91 Å². The minimum Gasteiger partial charge on any atom is -0.322 e. The molecule has 0 spiro atoms. The molecule has 144 valence electrons. The van der Waals surface area contributed by atoms with Gasteiger partial charge in [-0.05, 0) is 34.1 Å². The number of fused-ring (bicyclic) bond motifs is 1. The average molecular weight is 422 g/mol. The highest BCUT2D eigenvalue weighted by Crippen LogP contribution is 2.31. The highest BCUT2D eigenvalue weighted by Gasteiger charge is 2.33. The molecule has 0 atom stereocenters. The zero-order chi connectivity index (χ0) is 20.2. The van der Waals surface area contributed by atoms with Gasteiger partial charge >= 0.3 is 0 Å². The predicted molar refractivity (Wildman–Crippen MR) is 116 cm³/mol. The summed E-state index contributed by atoms with van der Waals surface area (Å²) >= 11 is 6.44. The highest BCUT2D eigenvalue weighted by molar-refractivity contribution is 8.26. The molecule has 0 bridgehead atoms.